The largest absolute Gasteiger partial charge is 0.459 e. The topological polar surface area (TPSA) is 169 Å². The van der Waals surface area contributed by atoms with Crippen LogP contribution >= 0.6 is 0 Å². The maximum atomic E-state index is 15.1. The summed E-state index contributed by atoms with van der Waals surface area (Å²) in [5, 5.41) is 37.9. The summed E-state index contributed by atoms with van der Waals surface area (Å²) in [5.41, 5.74) is 3.48. The van der Waals surface area contributed by atoms with Crippen molar-refractivity contribution in [2.45, 2.75) is 212 Å². The minimum Gasteiger partial charge on any atom is -0.459 e. The van der Waals surface area contributed by atoms with Gasteiger partial charge in [-0.2, -0.15) is 0 Å². The molecule has 2 aromatic carbocycles. The molecule has 1 fully saturated rings. The van der Waals surface area contributed by atoms with Gasteiger partial charge in [0.05, 0.1) is 38.1 Å². The van der Waals surface area contributed by atoms with Crippen LogP contribution in [0, 0.1) is 17.8 Å². The molecule has 2 aromatic rings. The molecule has 0 aromatic heterocycles. The number of carbonyl (C=O) groups excluding carboxylic acids is 2. The van der Waals surface area contributed by atoms with Crippen molar-refractivity contribution in [1.82, 2.24) is 10.2 Å². The Bertz CT molecular complexity index is 2000. The lowest BCUT2D eigenvalue weighted by Crippen LogP contribution is -2.70. The number of ether oxygens (including phenoxy) is 4. The van der Waals surface area contributed by atoms with Gasteiger partial charge in [0.15, 0.2) is 0 Å². The first-order valence-electron chi connectivity index (χ1n) is 30.0. The van der Waals surface area contributed by atoms with Gasteiger partial charge in [0.2, 0.25) is 11.7 Å². The van der Waals surface area contributed by atoms with Gasteiger partial charge in [0.25, 0.3) is 0 Å². The lowest BCUT2D eigenvalue weighted by molar-refractivity contribution is -0.258. The van der Waals surface area contributed by atoms with E-state index in [4.69, 9.17) is 28.9 Å². The number of amides is 2. The zero-order valence-electron chi connectivity index (χ0n) is 46.9. The van der Waals surface area contributed by atoms with E-state index in [2.05, 4.69) is 31.8 Å². The third kappa shape index (κ3) is 19.9. The van der Waals surface area contributed by atoms with Crippen molar-refractivity contribution >= 4 is 17.7 Å². The molecule has 5 rings (SSSR count). The zero-order chi connectivity index (χ0) is 54.1. The normalized spacial score (nSPS) is 21.0. The Hall–Kier alpha value is -4.27. The van der Waals surface area contributed by atoms with Crippen LogP contribution in [0.5, 0.6) is 11.5 Å². The average molecular weight is 1060 g/mol. The Balaban J connectivity index is 1.55. The van der Waals surface area contributed by atoms with Gasteiger partial charge >= 0.3 is 6.09 Å². The van der Waals surface area contributed by atoms with Crippen molar-refractivity contribution in [3.63, 3.8) is 0 Å². The Morgan fingerprint density at radius 1 is 0.776 bits per heavy atom. The van der Waals surface area contributed by atoms with E-state index >= 15 is 4.79 Å². The maximum Gasteiger partial charge on any atom is 0.412 e. The van der Waals surface area contributed by atoms with Crippen LogP contribution in [0.1, 0.15) is 204 Å². The number of nitrogens with one attached hydrogen (secondary N) is 1. The van der Waals surface area contributed by atoms with Crippen LogP contribution in [0.3, 0.4) is 0 Å². The monoisotopic (exact) mass is 1060 g/mol. The molecule has 13 heteroatoms. The molecule has 3 aliphatic rings. The highest BCUT2D eigenvalue weighted by Crippen LogP contribution is 2.62. The molecule has 0 unspecified atom stereocenters. The molecular weight excluding hydrogens is 959 g/mol. The molecule has 13 nitrogen and oxygen atoms in total. The second-order valence-electron chi connectivity index (χ2n) is 21.5. The Morgan fingerprint density at radius 3 is 2.07 bits per heavy atom. The number of oxime groups is 1. The molecule has 2 amide bonds. The van der Waals surface area contributed by atoms with Crippen LogP contribution in [0.4, 0.5) is 4.79 Å². The van der Waals surface area contributed by atoms with Gasteiger partial charge in [-0.15, -0.1) is 6.58 Å². The Morgan fingerprint density at radius 2 is 1.42 bits per heavy atom. The smallest absolute Gasteiger partial charge is 0.412 e. The number of aliphatic hydroxyl groups is 3. The third-order valence-electron chi connectivity index (χ3n) is 15.8. The summed E-state index contributed by atoms with van der Waals surface area (Å²) >= 11 is 0. The van der Waals surface area contributed by atoms with Crippen molar-refractivity contribution < 1.29 is 48.7 Å². The van der Waals surface area contributed by atoms with Gasteiger partial charge < -0.3 is 49.3 Å². The second kappa shape index (κ2) is 36.8. The van der Waals surface area contributed by atoms with Crippen LogP contribution in [-0.2, 0) is 25.7 Å². The van der Waals surface area contributed by atoms with E-state index in [0.29, 0.717) is 43.0 Å². The van der Waals surface area contributed by atoms with Gasteiger partial charge in [-0.3, -0.25) is 4.79 Å². The van der Waals surface area contributed by atoms with Crippen LogP contribution in [-0.4, -0.2) is 102 Å². The van der Waals surface area contributed by atoms with E-state index < -0.39 is 23.8 Å². The minimum atomic E-state index is -1.44. The molecule has 76 heavy (non-hydrogen) atoms. The highest BCUT2D eigenvalue weighted by molar-refractivity contribution is 6.03. The number of fused-ring (bicyclic) bond motifs is 2. The molecule has 1 aliphatic heterocycles. The third-order valence-corrected chi connectivity index (χ3v) is 15.8. The zero-order valence-corrected chi connectivity index (χ0v) is 46.9. The van der Waals surface area contributed by atoms with Gasteiger partial charge in [-0.25, -0.2) is 4.79 Å². The van der Waals surface area contributed by atoms with Gasteiger partial charge in [-0.1, -0.05) is 183 Å². The molecule has 0 bridgehead atoms. The number of rotatable bonds is 42. The number of carbonyl (C=O) groups is 2. The molecule has 0 saturated heterocycles. The highest BCUT2D eigenvalue weighted by Gasteiger charge is 2.65. The number of nitrogens with zero attached hydrogens (tertiary/aromatic N) is 2. The van der Waals surface area contributed by atoms with E-state index in [1.54, 1.807) is 12.1 Å². The summed E-state index contributed by atoms with van der Waals surface area (Å²) < 4.78 is 26.7. The summed E-state index contributed by atoms with van der Waals surface area (Å²) in [6.45, 7) is 10.1. The van der Waals surface area contributed by atoms with Crippen molar-refractivity contribution in [2.24, 2.45) is 22.9 Å². The quantitative estimate of drug-likeness (QED) is 0.0285. The van der Waals surface area contributed by atoms with Gasteiger partial charge in [0.1, 0.15) is 24.1 Å². The molecule has 0 radical (unpaired) electrons. The molecule has 1 saturated carbocycles. The lowest BCUT2D eigenvalue weighted by atomic mass is 9.55. The van der Waals surface area contributed by atoms with Crippen molar-refractivity contribution in [3.05, 3.63) is 84.0 Å². The summed E-state index contributed by atoms with van der Waals surface area (Å²) in [7, 11) is 0. The van der Waals surface area contributed by atoms with Crippen LogP contribution in [0.2, 0.25) is 0 Å². The van der Waals surface area contributed by atoms with Gasteiger partial charge in [-0.05, 0) is 79.7 Å². The lowest BCUT2D eigenvalue weighted by Gasteiger charge is -2.60. The highest BCUT2D eigenvalue weighted by atomic mass is 16.7. The van der Waals surface area contributed by atoms with Crippen molar-refractivity contribution in [3.8, 4) is 11.5 Å². The fourth-order valence-corrected chi connectivity index (χ4v) is 11.9. The van der Waals surface area contributed by atoms with E-state index in [-0.39, 0.29) is 82.9 Å². The summed E-state index contributed by atoms with van der Waals surface area (Å²) in [6, 6.07) is 14.8. The van der Waals surface area contributed by atoms with Crippen LogP contribution in [0.25, 0.3) is 0 Å². The van der Waals surface area contributed by atoms with E-state index in [0.717, 1.165) is 87.3 Å². The molecule has 0 spiro atoms. The van der Waals surface area contributed by atoms with E-state index in [1.807, 2.05) is 47.4 Å². The summed E-state index contributed by atoms with van der Waals surface area (Å²) in [4.78, 5) is 36.8. The number of allylic oxidation sites excluding steroid dienone is 1. The maximum absolute atomic E-state index is 15.1. The number of hydrogen-bond donors (Lipinski definition) is 4. The molecular formula is C63H99N3O10. The minimum absolute atomic E-state index is 0.00184. The molecule has 1 heterocycles. The second-order valence-corrected chi connectivity index (χ2v) is 21.5. The number of benzene rings is 2. The molecule has 6 atom stereocenters. The summed E-state index contributed by atoms with van der Waals surface area (Å²) in [6.07, 6.45) is 30.9. The van der Waals surface area contributed by atoms with Crippen molar-refractivity contribution in [2.75, 3.05) is 52.7 Å². The van der Waals surface area contributed by atoms with Gasteiger partial charge in [0, 0.05) is 50.6 Å². The number of hydrogen-bond acceptors (Lipinski definition) is 11. The molecule has 426 valence electrons. The standard InChI is InChI=1S/C63H99N3O10/c1-4-7-9-11-13-15-17-19-21-28-38-64-62(71)75-52-36-37-57-55(47-52)60-53(34-27-30-41-68)51(33-26-29-40-67)46-54-56(65-74-49-50-31-23-22-24-32-50)48-58(63(76-57,61(54)60)73-43-6-3)66(39-44-72-45-42-69)59(70)35-25-20-18-16-14-12-10-8-5-2/h6,22-24,31-32,36-37,46-47,51,53,58,60-61,67-69H,3-5,7-21,25-30,33-35,38-45,48-49H2,1-2H3,(H,64,71)/t51-,53+,58-,60+,61+,63+/m0/s1. The Kier molecular flexibility index (Phi) is 30.3. The fraction of sp³-hybridized carbons (Fsp3) is 0.698. The van der Waals surface area contributed by atoms with E-state index in [1.165, 1.54) is 77.0 Å². The first kappa shape index (κ1) is 62.6. The van der Waals surface area contributed by atoms with Crippen molar-refractivity contribution in [1.29, 1.82) is 0 Å². The fourth-order valence-electron chi connectivity index (χ4n) is 11.9. The SMILES string of the molecule is C=CCO[C@@]12Oc3ccc(OC(=O)NCCCCCCCCCCCC)cc3[C@H]3[C@H](CCCCO)[C@@H](CCCCO)C=C(C(=NOCc4ccccc4)C[C@@H]1N(CCOCCO)C(=O)CCCCCCCCCCC)[C@H]32. The van der Waals surface area contributed by atoms with Crippen LogP contribution in [0.15, 0.2) is 78.0 Å². The Labute approximate surface area is 457 Å². The van der Waals surface area contributed by atoms with Crippen LogP contribution < -0.4 is 14.8 Å². The predicted octanol–water partition coefficient (Wildman–Crippen LogP) is 13.3. The average Bonchev–Trinajstić information content (AvgIpc) is 3.56. The predicted molar refractivity (Wildman–Crippen MR) is 304 cm³/mol. The summed E-state index contributed by atoms with van der Waals surface area (Å²) in [5.74, 6) is -1.27. The molecule has 2 aliphatic carbocycles. The number of aliphatic hydroxyl groups excluding tert-OH is 3. The van der Waals surface area contributed by atoms with E-state index in [9.17, 15) is 20.1 Å². The first-order chi connectivity index (χ1) is 37.3. The first-order valence-corrected chi connectivity index (χ1v) is 30.0. The number of unbranched alkanes of at least 4 members (excludes halogenated alkanes) is 19. The molecule has 4 N–H and O–H groups in total.